The maximum absolute atomic E-state index is 14.7. The monoisotopic (exact) mass is 1070 g/mol. The van der Waals surface area contributed by atoms with Crippen LogP contribution in [-0.2, 0) is 45.8 Å². The predicted octanol–water partition coefficient (Wildman–Crippen LogP) is 14.7. The van der Waals surface area contributed by atoms with Crippen molar-refractivity contribution in [1.29, 1.82) is 5.26 Å². The fraction of sp³-hybridized carbons (Fsp3) is 0.0645. The van der Waals surface area contributed by atoms with E-state index in [1.165, 1.54) is 34.4 Å². The molecule has 0 saturated heterocycles. The zero-order valence-corrected chi connectivity index (χ0v) is 39.7. The van der Waals surface area contributed by atoms with Gasteiger partial charge in [0.25, 0.3) is 0 Å². The Hall–Kier alpha value is -8.01. The molecule has 0 bridgehead atoms. The van der Waals surface area contributed by atoms with Gasteiger partial charge in [-0.3, -0.25) is 0 Å². The van der Waals surface area contributed by atoms with Crippen molar-refractivity contribution in [2.75, 3.05) is 0 Å². The van der Waals surface area contributed by atoms with Crippen LogP contribution in [0.15, 0.2) is 201 Å². The Labute approximate surface area is 415 Å². The number of nitriles is 1. The average Bonchev–Trinajstić information content (AvgIpc) is 3.40. The van der Waals surface area contributed by atoms with Crippen LogP contribution in [0.3, 0.4) is 0 Å². The van der Waals surface area contributed by atoms with Crippen LogP contribution in [0.4, 0.5) is 8.78 Å². The third-order valence-electron chi connectivity index (χ3n) is 12.2. The van der Waals surface area contributed by atoms with Crippen LogP contribution >= 0.6 is 0 Å². The van der Waals surface area contributed by atoms with Crippen LogP contribution in [0.2, 0.25) is 0 Å². The van der Waals surface area contributed by atoms with Gasteiger partial charge in [0.1, 0.15) is 23.3 Å². The van der Waals surface area contributed by atoms with Crippen molar-refractivity contribution in [2.45, 2.75) is 25.7 Å². The molecule has 0 aliphatic carbocycles. The summed E-state index contributed by atoms with van der Waals surface area (Å²) >= 11 is 0. The molecule has 4 nitrogen and oxygen atoms in total. The molecule has 7 heteroatoms. The Bertz CT molecular complexity index is 3270. The number of nitrogens with zero attached hydrogens (tertiary/aromatic N) is 4. The number of aryl methyl sites for hydroxylation is 4. The van der Waals surface area contributed by atoms with Crippen molar-refractivity contribution < 1.29 is 28.9 Å². The van der Waals surface area contributed by atoms with E-state index >= 15 is 0 Å². The molecule has 0 N–H and O–H groups in total. The van der Waals surface area contributed by atoms with Gasteiger partial charge in [-0.05, 0) is 99.2 Å². The number of benzene rings is 7. The van der Waals surface area contributed by atoms with Crippen molar-refractivity contribution in [1.82, 2.24) is 15.0 Å². The van der Waals surface area contributed by atoms with E-state index in [4.69, 9.17) is 0 Å². The van der Waals surface area contributed by atoms with Crippen molar-refractivity contribution in [2.24, 2.45) is 0 Å². The third-order valence-corrected chi connectivity index (χ3v) is 12.2. The van der Waals surface area contributed by atoms with Gasteiger partial charge in [-0.15, -0.1) is 94.5 Å². The van der Waals surface area contributed by atoms with E-state index in [0.29, 0.717) is 11.1 Å². The summed E-state index contributed by atoms with van der Waals surface area (Å²) in [6.07, 6.45) is 8.74. The summed E-state index contributed by atoms with van der Waals surface area (Å²) < 4.78 is 29.4. The minimum atomic E-state index is -0.890. The minimum Gasteiger partial charge on any atom is -0.305 e. The first-order chi connectivity index (χ1) is 33.5. The first kappa shape index (κ1) is 46.1. The molecule has 332 valence electrons. The molecule has 3 aromatic heterocycles. The molecule has 0 fully saturated rings. The second-order valence-electron chi connectivity index (χ2n) is 16.6. The van der Waals surface area contributed by atoms with Crippen LogP contribution < -0.4 is 0 Å². The second-order valence-corrected chi connectivity index (χ2v) is 16.6. The van der Waals surface area contributed by atoms with E-state index in [9.17, 15) is 14.0 Å². The van der Waals surface area contributed by atoms with Gasteiger partial charge in [-0.25, -0.2) is 8.78 Å². The fourth-order valence-electron chi connectivity index (χ4n) is 8.65. The van der Waals surface area contributed by atoms with Crippen LogP contribution in [0.5, 0.6) is 0 Å². The molecule has 0 saturated carbocycles. The van der Waals surface area contributed by atoms with Crippen LogP contribution in [-0.4, -0.2) is 15.0 Å². The molecule has 7 aromatic carbocycles. The van der Waals surface area contributed by atoms with Gasteiger partial charge in [-0.2, -0.15) is 5.26 Å². The molecule has 0 spiro atoms. The molecule has 10 aromatic rings. The van der Waals surface area contributed by atoms with E-state index in [2.05, 4.69) is 118 Å². The molecule has 0 radical (unpaired) electrons. The van der Waals surface area contributed by atoms with Gasteiger partial charge >= 0.3 is 20.1 Å². The molecular formula is C62H41F2IrN4. The first-order valence-electron chi connectivity index (χ1n) is 22.5. The van der Waals surface area contributed by atoms with E-state index in [-0.39, 0.29) is 20.1 Å². The maximum Gasteiger partial charge on any atom is 3.00 e. The second kappa shape index (κ2) is 21.3. The van der Waals surface area contributed by atoms with Gasteiger partial charge in [0.15, 0.2) is 0 Å². The predicted molar refractivity (Wildman–Crippen MR) is 267 cm³/mol. The van der Waals surface area contributed by atoms with E-state index in [1.54, 1.807) is 24.7 Å². The minimum absolute atomic E-state index is 0. The summed E-state index contributed by atoms with van der Waals surface area (Å²) in [5.74, 6) is -1.78. The van der Waals surface area contributed by atoms with Gasteiger partial charge in [-0.1, -0.05) is 133 Å². The van der Waals surface area contributed by atoms with Gasteiger partial charge < -0.3 is 15.0 Å². The Kier molecular flexibility index (Phi) is 14.2. The SMILES string of the molecule is N#Cc1c(F)cc(-c2ccc(-c3cc(-c4ccccn4)[c-]cc3-c3ccccc3-c3cc(CCc4c[c-]c(-c5ccccn5)cc4)cc(CCc4c[c-]c(-c5ccccn5)cc4)c3)cc2)cc1F.[Ir+3]. The summed E-state index contributed by atoms with van der Waals surface area (Å²) in [5.41, 5.74) is 16.7. The molecule has 3 heterocycles. The summed E-state index contributed by atoms with van der Waals surface area (Å²) in [6.45, 7) is 0. The molecule has 0 aliphatic heterocycles. The molecule has 0 aliphatic rings. The van der Waals surface area contributed by atoms with Crippen molar-refractivity contribution >= 4 is 0 Å². The molecule has 69 heavy (non-hydrogen) atoms. The van der Waals surface area contributed by atoms with Crippen LogP contribution in [0.1, 0.15) is 27.8 Å². The van der Waals surface area contributed by atoms with Crippen molar-refractivity contribution in [3.05, 3.63) is 258 Å². The quantitative estimate of drug-likeness (QED) is 0.108. The van der Waals surface area contributed by atoms with E-state index < -0.39 is 17.2 Å². The normalized spacial score (nSPS) is 10.9. The molecule has 0 amide bonds. The number of rotatable bonds is 13. The van der Waals surface area contributed by atoms with Gasteiger partial charge in [0.05, 0.1) is 0 Å². The standard InChI is InChI=1S/C62H41F2N4.Ir/c63-58-39-51(40-59(64)57(58)41-65)46-26-28-47(29-27-46)56-38-50(62-13-5-8-34-68-62)30-31-55(56)54-10-2-1-9-53(54)52-36-44(16-14-42-18-22-48(23-19-42)60-11-3-6-32-66-60)35-45(37-52)17-15-43-20-24-49(25-21-43)61-12-4-7-33-67-61;/h1-13,18-22,24,26-29,31-40H,14-17H2;/q-3;+3. The number of halogens is 2. The van der Waals surface area contributed by atoms with E-state index in [0.717, 1.165) is 92.8 Å². The molecule has 0 atom stereocenters. The van der Waals surface area contributed by atoms with Crippen molar-refractivity contribution in [3.63, 3.8) is 0 Å². The molecular weight excluding hydrogens is 1030 g/mol. The summed E-state index contributed by atoms with van der Waals surface area (Å²) in [5, 5.41) is 9.24. The summed E-state index contributed by atoms with van der Waals surface area (Å²) in [6, 6.07) is 72.0. The summed E-state index contributed by atoms with van der Waals surface area (Å²) in [4.78, 5) is 13.6. The maximum atomic E-state index is 14.7. The van der Waals surface area contributed by atoms with Gasteiger partial charge in [0, 0.05) is 18.6 Å². The van der Waals surface area contributed by atoms with E-state index in [1.807, 2.05) is 84.9 Å². The summed E-state index contributed by atoms with van der Waals surface area (Å²) in [7, 11) is 0. The number of pyridine rings is 3. The smallest absolute Gasteiger partial charge is 0.305 e. The molecule has 10 rings (SSSR count). The Morgan fingerprint density at radius 2 is 0.870 bits per heavy atom. The third kappa shape index (κ3) is 10.6. The fourth-order valence-corrected chi connectivity index (χ4v) is 8.65. The topological polar surface area (TPSA) is 62.5 Å². The average molecular weight is 1070 g/mol. The largest absolute Gasteiger partial charge is 3.00 e. The Morgan fingerprint density at radius 1 is 0.391 bits per heavy atom. The van der Waals surface area contributed by atoms with Gasteiger partial charge in [0.2, 0.25) is 0 Å². The zero-order chi connectivity index (χ0) is 46.2. The number of hydrogen-bond donors (Lipinski definition) is 0. The first-order valence-corrected chi connectivity index (χ1v) is 22.5. The Balaban J connectivity index is 0.00000593. The zero-order valence-electron chi connectivity index (χ0n) is 37.3. The van der Waals surface area contributed by atoms with Crippen molar-refractivity contribution in [3.8, 4) is 84.3 Å². The number of aromatic nitrogens is 3. The Morgan fingerprint density at radius 3 is 1.36 bits per heavy atom. The van der Waals surface area contributed by atoms with Crippen LogP contribution in [0, 0.1) is 41.2 Å². The molecule has 0 unspecified atom stereocenters. The number of hydrogen-bond acceptors (Lipinski definition) is 4. The van der Waals surface area contributed by atoms with Crippen LogP contribution in [0.25, 0.3) is 78.3 Å².